The van der Waals surface area contributed by atoms with Crippen LogP contribution in [0.4, 0.5) is 5.69 Å². The Labute approximate surface area is 130 Å². The van der Waals surface area contributed by atoms with Gasteiger partial charge in [0.25, 0.3) is 0 Å². The summed E-state index contributed by atoms with van der Waals surface area (Å²) in [5.41, 5.74) is 5.10. The van der Waals surface area contributed by atoms with Crippen LogP contribution in [-0.2, 0) is 0 Å². The van der Waals surface area contributed by atoms with Crippen molar-refractivity contribution in [1.82, 2.24) is 0 Å². The molecule has 2 aromatic carbocycles. The SMILES string of the molecule is Cc1ccc(C2Nc3c(Cl)cccc3C3C=CCC32)cc1. The molecule has 0 aromatic heterocycles. The van der Waals surface area contributed by atoms with E-state index in [9.17, 15) is 0 Å². The number of nitrogens with one attached hydrogen (secondary N) is 1. The molecule has 1 aliphatic heterocycles. The van der Waals surface area contributed by atoms with Crippen LogP contribution in [0.15, 0.2) is 54.6 Å². The first-order chi connectivity index (χ1) is 10.2. The number of allylic oxidation sites excluding steroid dienone is 2. The Kier molecular flexibility index (Phi) is 3.04. The van der Waals surface area contributed by atoms with Gasteiger partial charge in [-0.15, -0.1) is 0 Å². The third-order valence-electron chi connectivity index (χ3n) is 4.78. The summed E-state index contributed by atoms with van der Waals surface area (Å²) < 4.78 is 0. The predicted molar refractivity (Wildman–Crippen MR) is 89.0 cm³/mol. The average Bonchev–Trinajstić information content (AvgIpc) is 2.98. The van der Waals surface area contributed by atoms with Crippen LogP contribution in [0.25, 0.3) is 0 Å². The van der Waals surface area contributed by atoms with Crippen molar-refractivity contribution in [1.29, 1.82) is 0 Å². The van der Waals surface area contributed by atoms with Crippen molar-refractivity contribution in [2.45, 2.75) is 25.3 Å². The lowest BCUT2D eigenvalue weighted by Crippen LogP contribution is -2.29. The van der Waals surface area contributed by atoms with Gasteiger partial charge < -0.3 is 5.32 Å². The summed E-state index contributed by atoms with van der Waals surface area (Å²) in [7, 11) is 0. The summed E-state index contributed by atoms with van der Waals surface area (Å²) >= 11 is 6.42. The van der Waals surface area contributed by atoms with Gasteiger partial charge in [-0.1, -0.05) is 65.7 Å². The molecule has 4 rings (SSSR count). The van der Waals surface area contributed by atoms with Crippen molar-refractivity contribution in [2.24, 2.45) is 5.92 Å². The van der Waals surface area contributed by atoms with E-state index in [1.54, 1.807) is 0 Å². The molecule has 0 radical (unpaired) electrons. The Balaban J connectivity index is 1.81. The molecule has 0 fully saturated rings. The van der Waals surface area contributed by atoms with Gasteiger partial charge in [-0.2, -0.15) is 0 Å². The second kappa shape index (κ2) is 4.92. The Bertz CT molecular complexity index is 702. The molecule has 0 amide bonds. The molecule has 0 spiro atoms. The quantitative estimate of drug-likeness (QED) is 0.687. The Morgan fingerprint density at radius 2 is 1.90 bits per heavy atom. The van der Waals surface area contributed by atoms with Crippen LogP contribution in [0, 0.1) is 12.8 Å². The van der Waals surface area contributed by atoms with E-state index in [0.717, 1.165) is 17.1 Å². The maximum absolute atomic E-state index is 6.42. The summed E-state index contributed by atoms with van der Waals surface area (Å²) in [4.78, 5) is 0. The number of para-hydroxylation sites is 1. The largest absolute Gasteiger partial charge is 0.376 e. The third-order valence-corrected chi connectivity index (χ3v) is 5.10. The average molecular weight is 296 g/mol. The van der Waals surface area contributed by atoms with E-state index < -0.39 is 0 Å². The number of halogens is 1. The standard InChI is InChI=1S/C19H18ClN/c1-12-8-10-13(11-9-12)18-15-5-2-4-14(15)16-6-3-7-17(20)19(16)21-18/h2-4,6-11,14-15,18,21H,5H2,1H3. The number of aryl methyl sites for hydroxylation is 1. The zero-order chi connectivity index (χ0) is 14.4. The monoisotopic (exact) mass is 295 g/mol. The summed E-state index contributed by atoms with van der Waals surface area (Å²) in [5, 5.41) is 4.52. The molecule has 0 bridgehead atoms. The summed E-state index contributed by atoms with van der Waals surface area (Å²) in [6.45, 7) is 2.13. The first-order valence-electron chi connectivity index (χ1n) is 7.52. The summed E-state index contributed by atoms with van der Waals surface area (Å²) in [6, 6.07) is 15.4. The van der Waals surface area contributed by atoms with Crippen molar-refractivity contribution in [3.05, 3.63) is 76.3 Å². The highest BCUT2D eigenvalue weighted by atomic mass is 35.5. The van der Waals surface area contributed by atoms with Crippen LogP contribution < -0.4 is 5.32 Å². The van der Waals surface area contributed by atoms with Crippen molar-refractivity contribution in [3.8, 4) is 0 Å². The second-order valence-corrected chi connectivity index (χ2v) is 6.50. The van der Waals surface area contributed by atoms with Crippen molar-refractivity contribution < 1.29 is 0 Å². The zero-order valence-corrected chi connectivity index (χ0v) is 12.8. The molecule has 0 saturated carbocycles. The van der Waals surface area contributed by atoms with Crippen molar-refractivity contribution >= 4 is 17.3 Å². The minimum absolute atomic E-state index is 0.331. The Morgan fingerprint density at radius 1 is 1.10 bits per heavy atom. The van der Waals surface area contributed by atoms with E-state index in [1.807, 2.05) is 6.07 Å². The fourth-order valence-electron chi connectivity index (χ4n) is 3.69. The van der Waals surface area contributed by atoms with Crippen molar-refractivity contribution in [2.75, 3.05) is 5.32 Å². The number of anilines is 1. The Hall–Kier alpha value is -1.73. The molecular formula is C19H18ClN. The maximum atomic E-state index is 6.42. The number of fused-ring (bicyclic) bond motifs is 3. The highest BCUT2D eigenvalue weighted by Crippen LogP contribution is 2.51. The van der Waals surface area contributed by atoms with E-state index in [1.165, 1.54) is 16.7 Å². The second-order valence-electron chi connectivity index (χ2n) is 6.09. The van der Waals surface area contributed by atoms with Gasteiger partial charge in [-0.05, 0) is 36.5 Å². The van der Waals surface area contributed by atoms with Crippen LogP contribution in [0.1, 0.15) is 35.1 Å². The van der Waals surface area contributed by atoms with E-state index in [0.29, 0.717) is 17.9 Å². The molecule has 0 saturated heterocycles. The fourth-order valence-corrected chi connectivity index (χ4v) is 3.92. The van der Waals surface area contributed by atoms with Gasteiger partial charge in [0.15, 0.2) is 0 Å². The topological polar surface area (TPSA) is 12.0 Å². The van der Waals surface area contributed by atoms with Gasteiger partial charge in [0.05, 0.1) is 16.8 Å². The molecule has 1 nitrogen and oxygen atoms in total. The van der Waals surface area contributed by atoms with E-state index in [2.05, 4.69) is 60.8 Å². The van der Waals surface area contributed by atoms with E-state index in [4.69, 9.17) is 11.6 Å². The molecule has 2 heteroatoms. The first-order valence-corrected chi connectivity index (χ1v) is 7.90. The number of rotatable bonds is 1. The van der Waals surface area contributed by atoms with Gasteiger partial charge in [0.1, 0.15) is 0 Å². The number of hydrogen-bond acceptors (Lipinski definition) is 1. The van der Waals surface area contributed by atoms with Crippen LogP contribution in [0.3, 0.4) is 0 Å². The van der Waals surface area contributed by atoms with Gasteiger partial charge in [-0.3, -0.25) is 0 Å². The van der Waals surface area contributed by atoms with Crippen LogP contribution in [0.2, 0.25) is 5.02 Å². The van der Waals surface area contributed by atoms with E-state index >= 15 is 0 Å². The molecule has 106 valence electrons. The van der Waals surface area contributed by atoms with Crippen LogP contribution in [-0.4, -0.2) is 0 Å². The van der Waals surface area contributed by atoms with Crippen LogP contribution >= 0.6 is 11.6 Å². The molecule has 1 aliphatic carbocycles. The smallest absolute Gasteiger partial charge is 0.0640 e. The molecule has 1 heterocycles. The molecule has 3 atom stereocenters. The molecule has 2 aliphatic rings. The fraction of sp³-hybridized carbons (Fsp3) is 0.263. The lowest BCUT2D eigenvalue weighted by molar-refractivity contribution is 0.425. The predicted octanol–water partition coefficient (Wildman–Crippen LogP) is 5.47. The highest BCUT2D eigenvalue weighted by molar-refractivity contribution is 6.33. The number of hydrogen-bond donors (Lipinski definition) is 1. The maximum Gasteiger partial charge on any atom is 0.0640 e. The minimum Gasteiger partial charge on any atom is -0.376 e. The number of benzene rings is 2. The van der Waals surface area contributed by atoms with Crippen LogP contribution in [0.5, 0.6) is 0 Å². The molecule has 21 heavy (non-hydrogen) atoms. The first kappa shape index (κ1) is 13.0. The summed E-state index contributed by atoms with van der Waals surface area (Å²) in [5.74, 6) is 1.06. The molecule has 2 aromatic rings. The van der Waals surface area contributed by atoms with Gasteiger partial charge in [0.2, 0.25) is 0 Å². The lowest BCUT2D eigenvalue weighted by atomic mass is 9.77. The molecular weight excluding hydrogens is 278 g/mol. The van der Waals surface area contributed by atoms with Crippen molar-refractivity contribution in [3.63, 3.8) is 0 Å². The lowest BCUT2D eigenvalue weighted by Gasteiger charge is -2.38. The van der Waals surface area contributed by atoms with E-state index in [-0.39, 0.29) is 0 Å². The highest BCUT2D eigenvalue weighted by Gasteiger charge is 2.38. The zero-order valence-electron chi connectivity index (χ0n) is 12.0. The normalized spacial score (nSPS) is 26.1. The molecule has 1 N–H and O–H groups in total. The summed E-state index contributed by atoms with van der Waals surface area (Å²) in [6.07, 6.45) is 5.79. The van der Waals surface area contributed by atoms with Gasteiger partial charge >= 0.3 is 0 Å². The van der Waals surface area contributed by atoms with Gasteiger partial charge in [0, 0.05) is 5.92 Å². The minimum atomic E-state index is 0.331. The molecule has 3 unspecified atom stereocenters. The van der Waals surface area contributed by atoms with Gasteiger partial charge in [-0.25, -0.2) is 0 Å². The Morgan fingerprint density at radius 3 is 2.71 bits per heavy atom. The third kappa shape index (κ3) is 2.08.